The number of rotatable bonds is 5. The fourth-order valence-electron chi connectivity index (χ4n) is 3.47. The normalized spacial score (nSPS) is 16.0. The second-order valence-electron chi connectivity index (χ2n) is 6.90. The number of carbonyl (C=O) groups excluding carboxylic acids is 1. The zero-order valence-corrected chi connectivity index (χ0v) is 15.5. The number of likely N-dealkylation sites (tertiary alicyclic amines) is 1. The van der Waals surface area contributed by atoms with E-state index in [4.69, 9.17) is 0 Å². The van der Waals surface area contributed by atoms with Crippen molar-refractivity contribution < 1.29 is 4.79 Å². The number of aromatic nitrogens is 1. The van der Waals surface area contributed by atoms with E-state index in [2.05, 4.69) is 45.5 Å². The SMILES string of the molecule is O=C(NCC1CCN(Cc2ccccc2)CC1)c1nc2ccccc2s1. The number of amides is 1. The monoisotopic (exact) mass is 365 g/mol. The van der Waals surface area contributed by atoms with Gasteiger partial charge in [-0.2, -0.15) is 0 Å². The van der Waals surface area contributed by atoms with Crippen LogP contribution in [0, 0.1) is 5.92 Å². The summed E-state index contributed by atoms with van der Waals surface area (Å²) in [6.07, 6.45) is 2.26. The molecule has 0 aliphatic carbocycles. The van der Waals surface area contributed by atoms with E-state index in [1.165, 1.54) is 16.9 Å². The van der Waals surface area contributed by atoms with Gasteiger partial charge in [-0.05, 0) is 49.5 Å². The lowest BCUT2D eigenvalue weighted by Gasteiger charge is -2.32. The largest absolute Gasteiger partial charge is 0.350 e. The lowest BCUT2D eigenvalue weighted by atomic mass is 9.96. The minimum atomic E-state index is -0.0436. The Bertz CT molecular complexity index is 836. The smallest absolute Gasteiger partial charge is 0.280 e. The van der Waals surface area contributed by atoms with E-state index in [0.29, 0.717) is 10.9 Å². The van der Waals surface area contributed by atoms with Gasteiger partial charge in [0.1, 0.15) is 0 Å². The first-order valence-corrected chi connectivity index (χ1v) is 9.99. The molecule has 1 saturated heterocycles. The third-order valence-corrected chi connectivity index (χ3v) is 6.03. The molecule has 1 N–H and O–H groups in total. The first kappa shape index (κ1) is 17.2. The number of nitrogens with one attached hydrogen (secondary N) is 1. The predicted octanol–water partition coefficient (Wildman–Crippen LogP) is 3.94. The summed E-state index contributed by atoms with van der Waals surface area (Å²) >= 11 is 1.46. The van der Waals surface area contributed by atoms with Crippen LogP contribution in [0.15, 0.2) is 54.6 Å². The van der Waals surface area contributed by atoms with E-state index >= 15 is 0 Å². The van der Waals surface area contributed by atoms with Gasteiger partial charge in [0.25, 0.3) is 5.91 Å². The first-order valence-electron chi connectivity index (χ1n) is 9.18. The van der Waals surface area contributed by atoms with Gasteiger partial charge in [-0.1, -0.05) is 42.5 Å². The molecule has 1 fully saturated rings. The van der Waals surface area contributed by atoms with Crippen molar-refractivity contribution in [3.05, 3.63) is 65.2 Å². The standard InChI is InChI=1S/C21H23N3OS/c25-20(21-23-18-8-4-5-9-19(18)26-21)22-14-16-10-12-24(13-11-16)15-17-6-2-1-3-7-17/h1-9,16H,10-15H2,(H,22,25). The number of fused-ring (bicyclic) bond motifs is 1. The van der Waals surface area contributed by atoms with Crippen molar-refractivity contribution in [1.29, 1.82) is 0 Å². The number of thiazole rings is 1. The van der Waals surface area contributed by atoms with Crippen LogP contribution < -0.4 is 5.32 Å². The van der Waals surface area contributed by atoms with Gasteiger partial charge in [-0.15, -0.1) is 11.3 Å². The molecule has 3 aromatic rings. The van der Waals surface area contributed by atoms with E-state index in [9.17, 15) is 4.79 Å². The maximum atomic E-state index is 12.4. The van der Waals surface area contributed by atoms with Gasteiger partial charge in [0, 0.05) is 13.1 Å². The molecule has 0 bridgehead atoms. The third-order valence-electron chi connectivity index (χ3n) is 5.00. The van der Waals surface area contributed by atoms with Gasteiger partial charge in [-0.3, -0.25) is 9.69 Å². The van der Waals surface area contributed by atoms with Crippen LogP contribution in [-0.4, -0.2) is 35.4 Å². The molecule has 1 amide bonds. The number of hydrogen-bond acceptors (Lipinski definition) is 4. The highest BCUT2D eigenvalue weighted by atomic mass is 32.1. The first-order chi connectivity index (χ1) is 12.8. The highest BCUT2D eigenvalue weighted by molar-refractivity contribution is 7.20. The van der Waals surface area contributed by atoms with E-state index < -0.39 is 0 Å². The third kappa shape index (κ3) is 4.11. The van der Waals surface area contributed by atoms with E-state index in [-0.39, 0.29) is 5.91 Å². The van der Waals surface area contributed by atoms with Crippen LogP contribution in [-0.2, 0) is 6.54 Å². The van der Waals surface area contributed by atoms with Crippen molar-refractivity contribution in [2.45, 2.75) is 19.4 Å². The fourth-order valence-corrected chi connectivity index (χ4v) is 4.35. The molecule has 4 nitrogen and oxygen atoms in total. The minimum Gasteiger partial charge on any atom is -0.350 e. The number of benzene rings is 2. The Morgan fingerprint density at radius 1 is 1.08 bits per heavy atom. The minimum absolute atomic E-state index is 0.0436. The second kappa shape index (κ2) is 7.98. The molecule has 0 atom stereocenters. The fraction of sp³-hybridized carbons (Fsp3) is 0.333. The van der Waals surface area contributed by atoms with Gasteiger partial charge < -0.3 is 5.32 Å². The van der Waals surface area contributed by atoms with Crippen LogP contribution in [0.3, 0.4) is 0 Å². The number of para-hydroxylation sites is 1. The molecule has 0 radical (unpaired) electrons. The predicted molar refractivity (Wildman–Crippen MR) is 106 cm³/mol. The van der Waals surface area contributed by atoms with E-state index in [1.807, 2.05) is 24.3 Å². The number of piperidine rings is 1. The molecule has 0 unspecified atom stereocenters. The van der Waals surface area contributed by atoms with Crippen molar-refractivity contribution in [3.63, 3.8) is 0 Å². The average molecular weight is 366 g/mol. The lowest BCUT2D eigenvalue weighted by molar-refractivity contribution is 0.0935. The molecule has 26 heavy (non-hydrogen) atoms. The molecular formula is C21H23N3OS. The maximum Gasteiger partial charge on any atom is 0.280 e. The quantitative estimate of drug-likeness (QED) is 0.745. The molecule has 1 aliphatic heterocycles. The zero-order chi connectivity index (χ0) is 17.8. The highest BCUT2D eigenvalue weighted by Crippen LogP contribution is 2.22. The second-order valence-corrected chi connectivity index (χ2v) is 7.93. The summed E-state index contributed by atoms with van der Waals surface area (Å²) in [6.45, 7) is 3.95. The Morgan fingerprint density at radius 3 is 2.58 bits per heavy atom. The van der Waals surface area contributed by atoms with Gasteiger partial charge in [0.2, 0.25) is 0 Å². The van der Waals surface area contributed by atoms with Crippen molar-refractivity contribution in [3.8, 4) is 0 Å². The molecule has 4 rings (SSSR count). The topological polar surface area (TPSA) is 45.2 Å². The van der Waals surface area contributed by atoms with E-state index in [1.54, 1.807) is 0 Å². The Labute approximate surface area is 157 Å². The highest BCUT2D eigenvalue weighted by Gasteiger charge is 2.20. The molecular weight excluding hydrogens is 342 g/mol. The maximum absolute atomic E-state index is 12.4. The Balaban J connectivity index is 1.25. The van der Waals surface area contributed by atoms with Crippen molar-refractivity contribution in [2.75, 3.05) is 19.6 Å². The number of hydrogen-bond donors (Lipinski definition) is 1. The summed E-state index contributed by atoms with van der Waals surface area (Å²) in [5.41, 5.74) is 2.27. The van der Waals surface area contributed by atoms with Crippen LogP contribution in [0.5, 0.6) is 0 Å². The van der Waals surface area contributed by atoms with Gasteiger partial charge in [0.05, 0.1) is 10.2 Å². The summed E-state index contributed by atoms with van der Waals surface area (Å²) in [6, 6.07) is 18.5. The van der Waals surface area contributed by atoms with Gasteiger partial charge in [-0.25, -0.2) is 4.98 Å². The zero-order valence-electron chi connectivity index (χ0n) is 14.7. The van der Waals surface area contributed by atoms with Crippen molar-refractivity contribution in [2.24, 2.45) is 5.92 Å². The number of carbonyl (C=O) groups is 1. The Kier molecular flexibility index (Phi) is 5.27. The summed E-state index contributed by atoms with van der Waals surface area (Å²) in [4.78, 5) is 19.3. The molecule has 0 spiro atoms. The summed E-state index contributed by atoms with van der Waals surface area (Å²) in [7, 11) is 0. The van der Waals surface area contributed by atoms with E-state index in [0.717, 1.165) is 49.2 Å². The lowest BCUT2D eigenvalue weighted by Crippen LogP contribution is -2.38. The summed E-state index contributed by atoms with van der Waals surface area (Å²) in [5.74, 6) is 0.512. The summed E-state index contributed by atoms with van der Waals surface area (Å²) in [5, 5.41) is 3.65. The Hall–Kier alpha value is -2.24. The molecule has 134 valence electrons. The van der Waals surface area contributed by atoms with Crippen LogP contribution >= 0.6 is 11.3 Å². The molecule has 5 heteroatoms. The van der Waals surface area contributed by atoms with Crippen LogP contribution in [0.25, 0.3) is 10.2 Å². The van der Waals surface area contributed by atoms with Crippen molar-refractivity contribution in [1.82, 2.24) is 15.2 Å². The molecule has 0 saturated carbocycles. The Morgan fingerprint density at radius 2 is 1.81 bits per heavy atom. The average Bonchev–Trinajstić information content (AvgIpc) is 3.12. The molecule has 1 aliphatic rings. The molecule has 2 heterocycles. The number of nitrogens with zero attached hydrogens (tertiary/aromatic N) is 2. The van der Waals surface area contributed by atoms with Crippen LogP contribution in [0.1, 0.15) is 28.2 Å². The van der Waals surface area contributed by atoms with Crippen LogP contribution in [0.4, 0.5) is 0 Å². The van der Waals surface area contributed by atoms with Crippen molar-refractivity contribution >= 4 is 27.5 Å². The molecule has 1 aromatic heterocycles. The summed E-state index contributed by atoms with van der Waals surface area (Å²) < 4.78 is 1.06. The van der Waals surface area contributed by atoms with Crippen LogP contribution in [0.2, 0.25) is 0 Å². The van der Waals surface area contributed by atoms with Gasteiger partial charge in [0.15, 0.2) is 5.01 Å². The van der Waals surface area contributed by atoms with Gasteiger partial charge >= 0.3 is 0 Å². The molecule has 2 aromatic carbocycles.